The van der Waals surface area contributed by atoms with Crippen LogP contribution in [0.3, 0.4) is 0 Å². The maximum atomic E-state index is 9.30. The third-order valence-electron chi connectivity index (χ3n) is 3.95. The molecule has 4 rings (SSSR count). The van der Waals surface area contributed by atoms with Gasteiger partial charge in [0.25, 0.3) is 0 Å². The maximum absolute atomic E-state index is 9.30. The molecule has 0 atom stereocenters. The molecule has 1 aromatic heterocycles. The quantitative estimate of drug-likeness (QED) is 0.608. The second kappa shape index (κ2) is 6.34. The van der Waals surface area contributed by atoms with Crippen molar-refractivity contribution >= 4 is 58.4 Å². The van der Waals surface area contributed by atoms with Gasteiger partial charge in [0.2, 0.25) is 12.4 Å². The number of nitrogens with zero attached hydrogens (tertiary/aromatic N) is 10. The second-order valence-corrected chi connectivity index (χ2v) is 5.44. The standard InChI is InChI=1S/C18H4N10/c19-3-13-14(4-20)28-18-12-2-10(26-8-22)6-24-16(12)15-11(17(18)27-13)1-9(5-23-15)25-7-21/h1-2,5-6H. The van der Waals surface area contributed by atoms with Crippen LogP contribution in [0.2, 0.25) is 0 Å². The van der Waals surface area contributed by atoms with Crippen LogP contribution in [0.5, 0.6) is 0 Å². The van der Waals surface area contributed by atoms with E-state index in [4.69, 9.17) is 10.5 Å². The number of hydrogen-bond donors (Lipinski definition) is 0. The molecule has 1 aromatic carbocycles. The first-order valence-corrected chi connectivity index (χ1v) is 7.63. The lowest BCUT2D eigenvalue weighted by Crippen LogP contribution is -2.24. The van der Waals surface area contributed by atoms with Crippen LogP contribution in [0.25, 0.3) is 23.2 Å². The number of nitriles is 4. The lowest BCUT2D eigenvalue weighted by molar-refractivity contribution is 1.18. The highest BCUT2D eigenvalue weighted by atomic mass is 14.9. The van der Waals surface area contributed by atoms with Gasteiger partial charge in [-0.25, -0.2) is 9.97 Å². The Labute approximate surface area is 156 Å². The molecule has 28 heavy (non-hydrogen) atoms. The Balaban J connectivity index is 2.28. The molecule has 0 N–H and O–H groups in total. The largest absolute Gasteiger partial charge is 0.252 e. The molecule has 0 spiro atoms. The van der Waals surface area contributed by atoms with Gasteiger partial charge in [0.1, 0.15) is 23.2 Å². The number of hydrogen-bond acceptors (Lipinski definition) is 10. The summed E-state index contributed by atoms with van der Waals surface area (Å²) < 4.78 is 0. The number of benzene rings is 1. The zero-order valence-electron chi connectivity index (χ0n) is 13.8. The van der Waals surface area contributed by atoms with E-state index >= 15 is 0 Å². The lowest BCUT2D eigenvalue weighted by atomic mass is 10.0. The summed E-state index contributed by atoms with van der Waals surface area (Å²) >= 11 is 0. The van der Waals surface area contributed by atoms with E-state index in [0.717, 1.165) is 0 Å². The maximum Gasteiger partial charge on any atom is 0.206 e. The first kappa shape index (κ1) is 16.4. The lowest BCUT2D eigenvalue weighted by Gasteiger charge is -2.13. The van der Waals surface area contributed by atoms with Crippen LogP contribution in [-0.2, 0) is 0 Å². The molecule has 2 aliphatic heterocycles. The summed E-state index contributed by atoms with van der Waals surface area (Å²) in [5, 5.41) is 37.2. The smallest absolute Gasteiger partial charge is 0.206 e. The normalized spacial score (nSPS) is 16.1. The van der Waals surface area contributed by atoms with Crippen molar-refractivity contribution in [2.45, 2.75) is 0 Å². The highest BCUT2D eigenvalue weighted by molar-refractivity contribution is 6.47. The van der Waals surface area contributed by atoms with Gasteiger partial charge in [-0.3, -0.25) is 9.98 Å². The Kier molecular flexibility index (Phi) is 3.72. The summed E-state index contributed by atoms with van der Waals surface area (Å²) in [5.41, 5.74) is 1.84. The first-order chi connectivity index (χ1) is 13.7. The van der Waals surface area contributed by atoms with Crippen LogP contribution in [0.4, 0.5) is 11.4 Å². The van der Waals surface area contributed by atoms with E-state index in [-0.39, 0.29) is 11.4 Å². The third kappa shape index (κ3) is 2.40. The molecule has 0 unspecified atom stereocenters. The van der Waals surface area contributed by atoms with Crippen molar-refractivity contribution in [2.24, 2.45) is 20.0 Å². The van der Waals surface area contributed by atoms with E-state index in [0.29, 0.717) is 44.3 Å². The van der Waals surface area contributed by atoms with Crippen LogP contribution >= 0.6 is 0 Å². The minimum Gasteiger partial charge on any atom is -0.252 e. The number of rotatable bonds is 0. The summed E-state index contributed by atoms with van der Waals surface area (Å²) in [6, 6.07) is 3.71. The van der Waals surface area contributed by atoms with Crippen LogP contribution in [-0.4, -0.2) is 33.8 Å². The average molecular weight is 360 g/mol. The van der Waals surface area contributed by atoms with E-state index < -0.39 is 0 Å². The van der Waals surface area contributed by atoms with E-state index in [1.807, 2.05) is 12.1 Å². The number of aliphatic imine (C=N–C) groups is 4. The van der Waals surface area contributed by atoms with Crippen LogP contribution in [0.15, 0.2) is 20.0 Å². The Morgan fingerprint density at radius 2 is 1.11 bits per heavy atom. The molecule has 0 aliphatic carbocycles. The fourth-order valence-electron chi connectivity index (χ4n) is 2.85. The molecule has 0 amide bonds. The van der Waals surface area contributed by atoms with Gasteiger partial charge < -0.3 is 0 Å². The molecule has 10 heteroatoms. The molecular weight excluding hydrogens is 356 g/mol. The Hall–Kier alpha value is -5.06. The van der Waals surface area contributed by atoms with Gasteiger partial charge in [0.15, 0.2) is 11.4 Å². The first-order valence-electron chi connectivity index (χ1n) is 7.63. The zero-order chi connectivity index (χ0) is 19.7. The van der Waals surface area contributed by atoms with E-state index in [1.54, 1.807) is 24.5 Å². The van der Waals surface area contributed by atoms with Crippen LogP contribution in [0, 0.1) is 45.6 Å². The van der Waals surface area contributed by atoms with Crippen molar-refractivity contribution in [1.29, 1.82) is 21.0 Å². The van der Waals surface area contributed by atoms with Gasteiger partial charge in [0.05, 0.1) is 35.2 Å². The summed E-state index contributed by atoms with van der Waals surface area (Å²) in [6.45, 7) is 0. The zero-order valence-corrected chi connectivity index (χ0v) is 13.8. The molecule has 0 bridgehead atoms. The van der Waals surface area contributed by atoms with Crippen molar-refractivity contribution in [3.8, 4) is 24.5 Å². The van der Waals surface area contributed by atoms with Crippen molar-refractivity contribution in [1.82, 2.24) is 9.97 Å². The van der Waals surface area contributed by atoms with Gasteiger partial charge in [-0.15, -0.1) is 0 Å². The third-order valence-corrected chi connectivity index (χ3v) is 3.95. The summed E-state index contributed by atoms with van der Waals surface area (Å²) in [7, 11) is 0. The Bertz CT molecular complexity index is 1380. The van der Waals surface area contributed by atoms with E-state index in [1.165, 1.54) is 12.4 Å². The monoisotopic (exact) mass is 360 g/mol. The van der Waals surface area contributed by atoms with Gasteiger partial charge >= 0.3 is 0 Å². The van der Waals surface area contributed by atoms with E-state index in [9.17, 15) is 10.5 Å². The van der Waals surface area contributed by atoms with Gasteiger partial charge in [0, 0.05) is 10.4 Å². The fraction of sp³-hybridized carbons (Fsp3) is 0. The minimum absolute atomic E-state index is 0.135. The van der Waals surface area contributed by atoms with Gasteiger partial charge in [-0.2, -0.15) is 31.0 Å². The second-order valence-electron chi connectivity index (χ2n) is 5.44. The van der Waals surface area contributed by atoms with Crippen molar-refractivity contribution < 1.29 is 0 Å². The van der Waals surface area contributed by atoms with Crippen molar-refractivity contribution in [3.05, 3.63) is 21.8 Å². The SMILES string of the molecule is N#CN=C1C=Nc2c3c(c4nc(C#N)c(C#N)nc4c2=C1)=CC(=NC#N)C=N3. The summed E-state index contributed by atoms with van der Waals surface area (Å²) in [5.74, 6) is 0. The highest BCUT2D eigenvalue weighted by Crippen LogP contribution is 2.25. The molecule has 0 saturated heterocycles. The minimum atomic E-state index is -0.135. The van der Waals surface area contributed by atoms with Crippen LogP contribution < -0.4 is 10.4 Å². The Morgan fingerprint density at radius 3 is 1.46 bits per heavy atom. The molecule has 2 aromatic rings. The van der Waals surface area contributed by atoms with Crippen LogP contribution in [0.1, 0.15) is 11.4 Å². The molecule has 0 saturated carbocycles. The Morgan fingerprint density at radius 1 is 0.679 bits per heavy atom. The average Bonchev–Trinajstić information content (AvgIpc) is 2.73. The molecule has 0 fully saturated rings. The van der Waals surface area contributed by atoms with Crippen molar-refractivity contribution in [3.63, 3.8) is 0 Å². The summed E-state index contributed by atoms with van der Waals surface area (Å²) in [6.07, 6.45) is 9.38. The number of fused-ring (bicyclic) bond motifs is 6. The molecule has 10 nitrogen and oxygen atoms in total. The predicted octanol–water partition coefficient (Wildman–Crippen LogP) is 0.210. The molecule has 3 heterocycles. The van der Waals surface area contributed by atoms with Crippen molar-refractivity contribution in [2.75, 3.05) is 0 Å². The molecule has 0 radical (unpaired) electrons. The van der Waals surface area contributed by atoms with Gasteiger partial charge in [-0.05, 0) is 12.2 Å². The topological polar surface area (TPSA) is 170 Å². The molecule has 2 aliphatic rings. The fourth-order valence-corrected chi connectivity index (χ4v) is 2.85. The van der Waals surface area contributed by atoms with Gasteiger partial charge in [-0.1, -0.05) is 0 Å². The summed E-state index contributed by atoms with van der Waals surface area (Å²) in [4.78, 5) is 24.6. The number of aromatic nitrogens is 2. The molecule has 126 valence electrons. The highest BCUT2D eigenvalue weighted by Gasteiger charge is 2.20. The van der Waals surface area contributed by atoms with E-state index in [2.05, 4.69) is 29.9 Å². The predicted molar refractivity (Wildman–Crippen MR) is 99.5 cm³/mol. The molecular formula is C18H4N10.